The van der Waals surface area contributed by atoms with Gasteiger partial charge in [-0.15, -0.1) is 22.7 Å². The molecule has 3 rings (SSSR count). The van der Waals surface area contributed by atoms with Crippen molar-refractivity contribution in [1.29, 1.82) is 0 Å². The van der Waals surface area contributed by atoms with Crippen LogP contribution in [0.15, 0.2) is 47.2 Å². The standard InChI is InChI=1S/C15H10N2O2S2/c18-17(19)13-5-2-1-4-11(13)7-8-15-16-12(10-21-15)14-6-3-9-20-14/h1-10H. The summed E-state index contributed by atoms with van der Waals surface area (Å²) in [6.45, 7) is 0. The van der Waals surface area contributed by atoms with Gasteiger partial charge in [0.2, 0.25) is 0 Å². The van der Waals surface area contributed by atoms with Crippen LogP contribution in [0.4, 0.5) is 5.69 Å². The quantitative estimate of drug-likeness (QED) is 0.505. The summed E-state index contributed by atoms with van der Waals surface area (Å²) in [5.41, 5.74) is 1.62. The first-order chi connectivity index (χ1) is 10.2. The van der Waals surface area contributed by atoms with E-state index in [-0.39, 0.29) is 10.6 Å². The van der Waals surface area contributed by atoms with E-state index in [1.165, 1.54) is 17.4 Å². The van der Waals surface area contributed by atoms with Gasteiger partial charge in [0, 0.05) is 11.4 Å². The van der Waals surface area contributed by atoms with Crippen LogP contribution in [0.1, 0.15) is 10.6 Å². The minimum Gasteiger partial charge on any atom is -0.258 e. The van der Waals surface area contributed by atoms with E-state index in [1.54, 1.807) is 35.6 Å². The Bertz CT molecular complexity index is 792. The van der Waals surface area contributed by atoms with Crippen LogP contribution in [0.5, 0.6) is 0 Å². The fourth-order valence-electron chi connectivity index (χ4n) is 1.86. The lowest BCUT2D eigenvalue weighted by atomic mass is 10.1. The maximum absolute atomic E-state index is 11.0. The molecule has 1 aromatic carbocycles. The second-order valence-corrected chi connectivity index (χ2v) is 6.03. The smallest absolute Gasteiger partial charge is 0.258 e. The second-order valence-electron chi connectivity index (χ2n) is 4.20. The van der Waals surface area contributed by atoms with E-state index in [1.807, 2.05) is 29.0 Å². The van der Waals surface area contributed by atoms with Crippen LogP contribution in [-0.4, -0.2) is 9.91 Å². The summed E-state index contributed by atoms with van der Waals surface area (Å²) in [7, 11) is 0. The van der Waals surface area contributed by atoms with Crippen molar-refractivity contribution < 1.29 is 4.92 Å². The van der Waals surface area contributed by atoms with Crippen LogP contribution < -0.4 is 0 Å². The summed E-state index contributed by atoms with van der Waals surface area (Å²) in [5.74, 6) is 0. The lowest BCUT2D eigenvalue weighted by molar-refractivity contribution is -0.385. The molecule has 0 atom stereocenters. The van der Waals surface area contributed by atoms with Gasteiger partial charge in [-0.25, -0.2) is 4.98 Å². The van der Waals surface area contributed by atoms with E-state index < -0.39 is 0 Å². The molecule has 2 heterocycles. The zero-order valence-electron chi connectivity index (χ0n) is 10.8. The molecule has 0 saturated carbocycles. The number of nitro benzene ring substituents is 1. The van der Waals surface area contributed by atoms with Crippen molar-refractivity contribution in [3.63, 3.8) is 0 Å². The molecule has 0 bridgehead atoms. The van der Waals surface area contributed by atoms with Gasteiger partial charge in [-0.05, 0) is 29.7 Å². The first-order valence-electron chi connectivity index (χ1n) is 6.15. The number of nitro groups is 1. The molecule has 6 heteroatoms. The molecule has 0 fully saturated rings. The molecule has 0 saturated heterocycles. The van der Waals surface area contributed by atoms with Crippen molar-refractivity contribution in [1.82, 2.24) is 4.98 Å². The van der Waals surface area contributed by atoms with Crippen LogP contribution in [0, 0.1) is 10.1 Å². The third kappa shape index (κ3) is 3.07. The molecule has 2 aromatic heterocycles. The number of nitrogens with zero attached hydrogens (tertiary/aromatic N) is 2. The van der Waals surface area contributed by atoms with Crippen molar-refractivity contribution in [2.24, 2.45) is 0 Å². The van der Waals surface area contributed by atoms with Crippen molar-refractivity contribution in [3.8, 4) is 10.6 Å². The van der Waals surface area contributed by atoms with E-state index in [4.69, 9.17) is 0 Å². The Labute approximate surface area is 129 Å². The second kappa shape index (κ2) is 5.99. The molecule has 104 valence electrons. The zero-order chi connectivity index (χ0) is 14.7. The summed E-state index contributed by atoms with van der Waals surface area (Å²) in [5, 5.41) is 15.8. The summed E-state index contributed by atoms with van der Waals surface area (Å²) in [4.78, 5) is 16.2. The maximum Gasteiger partial charge on any atom is 0.276 e. The largest absolute Gasteiger partial charge is 0.276 e. The van der Waals surface area contributed by atoms with Crippen LogP contribution >= 0.6 is 22.7 Å². The summed E-state index contributed by atoms with van der Waals surface area (Å²) >= 11 is 3.16. The molecule has 0 aliphatic rings. The third-order valence-corrected chi connectivity index (χ3v) is 4.54. The molecule has 0 spiro atoms. The van der Waals surface area contributed by atoms with Crippen LogP contribution in [0.3, 0.4) is 0 Å². The predicted molar refractivity (Wildman–Crippen MR) is 87.5 cm³/mol. The van der Waals surface area contributed by atoms with Gasteiger partial charge in [-0.3, -0.25) is 10.1 Å². The van der Waals surface area contributed by atoms with Crippen molar-refractivity contribution in [2.75, 3.05) is 0 Å². The fraction of sp³-hybridized carbons (Fsp3) is 0. The number of aromatic nitrogens is 1. The Balaban J connectivity index is 1.86. The molecule has 21 heavy (non-hydrogen) atoms. The van der Waals surface area contributed by atoms with E-state index in [0.29, 0.717) is 5.56 Å². The summed E-state index contributed by atoms with van der Waals surface area (Å²) < 4.78 is 0. The lowest BCUT2D eigenvalue weighted by Gasteiger charge is -1.95. The molecule has 0 radical (unpaired) electrons. The predicted octanol–water partition coefficient (Wildman–Crippen LogP) is 4.95. The number of benzene rings is 1. The number of hydrogen-bond acceptors (Lipinski definition) is 5. The molecule has 0 aliphatic heterocycles. The van der Waals surface area contributed by atoms with Crippen molar-refractivity contribution in [3.05, 3.63) is 67.8 Å². The average Bonchev–Trinajstić information content (AvgIpc) is 3.16. The molecule has 0 unspecified atom stereocenters. The number of thiazole rings is 1. The highest BCUT2D eigenvalue weighted by atomic mass is 32.1. The molecule has 4 nitrogen and oxygen atoms in total. The first-order valence-corrected chi connectivity index (χ1v) is 7.91. The van der Waals surface area contributed by atoms with Gasteiger partial charge < -0.3 is 0 Å². The van der Waals surface area contributed by atoms with Gasteiger partial charge in [-0.2, -0.15) is 0 Å². The van der Waals surface area contributed by atoms with E-state index in [9.17, 15) is 10.1 Å². The van der Waals surface area contributed by atoms with E-state index in [0.717, 1.165) is 15.6 Å². The van der Waals surface area contributed by atoms with Crippen molar-refractivity contribution >= 4 is 40.5 Å². The number of hydrogen-bond donors (Lipinski definition) is 0. The van der Waals surface area contributed by atoms with E-state index in [2.05, 4.69) is 4.98 Å². The average molecular weight is 314 g/mol. The SMILES string of the molecule is O=[N+]([O-])c1ccccc1C=Cc1nc(-c2cccs2)cs1. The molecule has 3 aromatic rings. The Kier molecular flexibility index (Phi) is 3.89. The Hall–Kier alpha value is -2.31. The molecule has 0 aliphatic carbocycles. The van der Waals surface area contributed by atoms with Gasteiger partial charge in [0.05, 0.1) is 21.1 Å². The first kappa shape index (κ1) is 13.7. The highest BCUT2D eigenvalue weighted by Crippen LogP contribution is 2.27. The van der Waals surface area contributed by atoms with Gasteiger partial charge in [0.1, 0.15) is 5.01 Å². The summed E-state index contributed by atoms with van der Waals surface area (Å²) in [6, 6.07) is 10.7. The Morgan fingerprint density at radius 1 is 1.10 bits per heavy atom. The Morgan fingerprint density at radius 2 is 1.95 bits per heavy atom. The van der Waals surface area contributed by atoms with Crippen molar-refractivity contribution in [2.45, 2.75) is 0 Å². The minimum atomic E-state index is -0.376. The number of rotatable bonds is 4. The van der Waals surface area contributed by atoms with Crippen LogP contribution in [-0.2, 0) is 0 Å². The molecule has 0 N–H and O–H groups in total. The monoisotopic (exact) mass is 314 g/mol. The number of para-hydroxylation sites is 1. The minimum absolute atomic E-state index is 0.101. The Morgan fingerprint density at radius 3 is 2.71 bits per heavy atom. The molecular formula is C15H10N2O2S2. The van der Waals surface area contributed by atoms with Gasteiger partial charge in [-0.1, -0.05) is 18.2 Å². The molecular weight excluding hydrogens is 304 g/mol. The maximum atomic E-state index is 11.0. The van der Waals surface area contributed by atoms with Gasteiger partial charge >= 0.3 is 0 Å². The fourth-order valence-corrected chi connectivity index (χ4v) is 3.33. The van der Waals surface area contributed by atoms with Gasteiger partial charge in [0.15, 0.2) is 0 Å². The third-order valence-electron chi connectivity index (χ3n) is 2.83. The summed E-state index contributed by atoms with van der Waals surface area (Å²) in [6.07, 6.45) is 3.54. The highest BCUT2D eigenvalue weighted by molar-refractivity contribution is 7.14. The van der Waals surface area contributed by atoms with Crippen LogP contribution in [0.2, 0.25) is 0 Å². The van der Waals surface area contributed by atoms with E-state index >= 15 is 0 Å². The number of thiophene rings is 1. The normalized spacial score (nSPS) is 11.0. The lowest BCUT2D eigenvalue weighted by Crippen LogP contribution is -1.90. The highest BCUT2D eigenvalue weighted by Gasteiger charge is 2.09. The zero-order valence-corrected chi connectivity index (χ0v) is 12.4. The van der Waals surface area contributed by atoms with Gasteiger partial charge in [0.25, 0.3) is 5.69 Å². The topological polar surface area (TPSA) is 56.0 Å². The van der Waals surface area contributed by atoms with Crippen LogP contribution in [0.25, 0.3) is 22.7 Å². The molecule has 0 amide bonds.